The van der Waals surface area contributed by atoms with Crippen LogP contribution in [0.25, 0.3) is 0 Å². The van der Waals surface area contributed by atoms with Crippen molar-refractivity contribution in [1.82, 2.24) is 4.98 Å². The molecule has 0 unspecified atom stereocenters. The van der Waals surface area contributed by atoms with E-state index in [2.05, 4.69) is 10.3 Å². The number of pyridine rings is 1. The Morgan fingerprint density at radius 3 is 2.92 bits per heavy atom. The number of hydrogen-bond acceptors (Lipinski definition) is 4. The van der Waals surface area contributed by atoms with E-state index in [4.69, 9.17) is 11.6 Å². The molecular weight excluding hydrogens is 200 g/mol. The standard InChI is InChI=1S/C6H7ClN2O2S/c7-6-5(2-1-3-8-6)9-4-12(10)11/h1-3,9,12H,4H2. The number of thiol groups is 1. The summed E-state index contributed by atoms with van der Waals surface area (Å²) in [5.41, 5.74) is 0.526. The summed E-state index contributed by atoms with van der Waals surface area (Å²) >= 11 is 5.64. The molecule has 0 bridgehead atoms. The first-order chi connectivity index (χ1) is 5.70. The molecule has 0 saturated heterocycles. The number of aromatic nitrogens is 1. The minimum Gasteiger partial charge on any atom is -0.369 e. The number of rotatable bonds is 3. The van der Waals surface area contributed by atoms with E-state index in [1.165, 1.54) is 6.20 Å². The molecule has 0 aliphatic rings. The van der Waals surface area contributed by atoms with Gasteiger partial charge in [-0.25, -0.2) is 13.4 Å². The lowest BCUT2D eigenvalue weighted by molar-refractivity contribution is 0.616. The maximum atomic E-state index is 10.2. The second-order valence-corrected chi connectivity index (χ2v) is 3.35. The van der Waals surface area contributed by atoms with Crippen molar-refractivity contribution in [2.45, 2.75) is 0 Å². The number of nitrogens with one attached hydrogen (secondary N) is 1. The summed E-state index contributed by atoms with van der Waals surface area (Å²) in [6.45, 7) is 0. The molecule has 0 saturated carbocycles. The van der Waals surface area contributed by atoms with Crippen LogP contribution in [0.4, 0.5) is 5.69 Å². The minimum atomic E-state index is -2.43. The number of hydrogen-bond donors (Lipinski definition) is 2. The van der Waals surface area contributed by atoms with Gasteiger partial charge in [0.1, 0.15) is 5.88 Å². The Hall–Kier alpha value is -0.810. The van der Waals surface area contributed by atoms with Crippen LogP contribution in [-0.2, 0) is 10.7 Å². The second kappa shape index (κ2) is 4.27. The molecule has 0 aliphatic heterocycles. The van der Waals surface area contributed by atoms with Crippen LogP contribution < -0.4 is 5.32 Å². The van der Waals surface area contributed by atoms with Gasteiger partial charge in [-0.15, -0.1) is 0 Å². The molecule has 6 heteroatoms. The molecule has 66 valence electrons. The van der Waals surface area contributed by atoms with Gasteiger partial charge >= 0.3 is 0 Å². The smallest absolute Gasteiger partial charge is 0.158 e. The van der Waals surface area contributed by atoms with Gasteiger partial charge in [0.25, 0.3) is 0 Å². The quantitative estimate of drug-likeness (QED) is 0.565. The van der Waals surface area contributed by atoms with Crippen LogP contribution in [0.5, 0.6) is 0 Å². The molecule has 0 aromatic carbocycles. The van der Waals surface area contributed by atoms with Crippen molar-refractivity contribution in [3.63, 3.8) is 0 Å². The Labute approximate surface area is 76.5 Å². The van der Waals surface area contributed by atoms with Crippen LogP contribution in [-0.4, -0.2) is 19.3 Å². The molecule has 1 N–H and O–H groups in total. The topological polar surface area (TPSA) is 59.1 Å². The van der Waals surface area contributed by atoms with Gasteiger partial charge in [-0.2, -0.15) is 0 Å². The van der Waals surface area contributed by atoms with Gasteiger partial charge in [0, 0.05) is 6.20 Å². The summed E-state index contributed by atoms with van der Waals surface area (Å²) in [5.74, 6) is -0.124. The molecule has 0 amide bonds. The zero-order valence-corrected chi connectivity index (χ0v) is 7.68. The van der Waals surface area contributed by atoms with Crippen LogP contribution >= 0.6 is 11.6 Å². The lowest BCUT2D eigenvalue weighted by Crippen LogP contribution is -2.03. The molecule has 0 atom stereocenters. The summed E-state index contributed by atoms with van der Waals surface area (Å²) in [6.07, 6.45) is 1.53. The van der Waals surface area contributed by atoms with E-state index in [1.54, 1.807) is 12.1 Å². The molecule has 1 aromatic heterocycles. The summed E-state index contributed by atoms with van der Waals surface area (Å²) in [4.78, 5) is 3.76. The van der Waals surface area contributed by atoms with E-state index in [0.29, 0.717) is 5.69 Å². The zero-order chi connectivity index (χ0) is 8.97. The van der Waals surface area contributed by atoms with E-state index in [1.807, 2.05) is 0 Å². The number of nitrogens with zero attached hydrogens (tertiary/aromatic N) is 1. The van der Waals surface area contributed by atoms with Crippen LogP contribution in [0, 0.1) is 0 Å². The predicted molar refractivity (Wildman–Crippen MR) is 48.1 cm³/mol. The van der Waals surface area contributed by atoms with Crippen LogP contribution in [0.15, 0.2) is 18.3 Å². The third kappa shape index (κ3) is 2.67. The highest BCUT2D eigenvalue weighted by Crippen LogP contribution is 2.16. The lowest BCUT2D eigenvalue weighted by Gasteiger charge is -2.01. The monoisotopic (exact) mass is 206 g/mol. The highest BCUT2D eigenvalue weighted by molar-refractivity contribution is 7.72. The predicted octanol–water partition coefficient (Wildman–Crippen LogP) is 0.716. The van der Waals surface area contributed by atoms with E-state index >= 15 is 0 Å². The Morgan fingerprint density at radius 1 is 1.58 bits per heavy atom. The van der Waals surface area contributed by atoms with E-state index in [-0.39, 0.29) is 11.0 Å². The first-order valence-electron chi connectivity index (χ1n) is 3.16. The second-order valence-electron chi connectivity index (χ2n) is 2.01. The number of halogens is 1. The van der Waals surface area contributed by atoms with E-state index in [9.17, 15) is 8.42 Å². The molecule has 1 aromatic rings. The fourth-order valence-electron chi connectivity index (χ4n) is 0.668. The van der Waals surface area contributed by atoms with Crippen molar-refractivity contribution in [1.29, 1.82) is 0 Å². The lowest BCUT2D eigenvalue weighted by atomic mass is 10.4. The third-order valence-corrected chi connectivity index (χ3v) is 1.88. The molecule has 0 radical (unpaired) electrons. The average molecular weight is 207 g/mol. The van der Waals surface area contributed by atoms with Gasteiger partial charge in [0.05, 0.1) is 5.69 Å². The van der Waals surface area contributed by atoms with E-state index in [0.717, 1.165) is 0 Å². The molecule has 4 nitrogen and oxygen atoms in total. The molecule has 0 aliphatic carbocycles. The first-order valence-corrected chi connectivity index (χ1v) is 4.90. The Morgan fingerprint density at radius 2 is 2.33 bits per heavy atom. The largest absolute Gasteiger partial charge is 0.369 e. The van der Waals surface area contributed by atoms with Crippen molar-refractivity contribution in [2.24, 2.45) is 0 Å². The van der Waals surface area contributed by atoms with Crippen LogP contribution in [0.1, 0.15) is 0 Å². The molecule has 1 rings (SSSR count). The molecular formula is C6H7ClN2O2S. The van der Waals surface area contributed by atoms with Gasteiger partial charge in [0.15, 0.2) is 15.9 Å². The summed E-state index contributed by atoms with van der Waals surface area (Å²) in [5, 5.41) is 2.89. The summed E-state index contributed by atoms with van der Waals surface area (Å²) in [7, 11) is -2.43. The highest BCUT2D eigenvalue weighted by Gasteiger charge is 1.97. The molecule has 0 spiro atoms. The van der Waals surface area contributed by atoms with Gasteiger partial charge in [0.2, 0.25) is 0 Å². The summed E-state index contributed by atoms with van der Waals surface area (Å²) in [6, 6.07) is 3.33. The van der Waals surface area contributed by atoms with Gasteiger partial charge in [-0.05, 0) is 12.1 Å². The van der Waals surface area contributed by atoms with E-state index < -0.39 is 10.7 Å². The minimum absolute atomic E-state index is 0.124. The third-order valence-electron chi connectivity index (χ3n) is 1.16. The maximum absolute atomic E-state index is 10.2. The number of anilines is 1. The zero-order valence-electron chi connectivity index (χ0n) is 6.03. The van der Waals surface area contributed by atoms with Gasteiger partial charge < -0.3 is 5.32 Å². The van der Waals surface area contributed by atoms with Crippen molar-refractivity contribution >= 4 is 28.0 Å². The van der Waals surface area contributed by atoms with Crippen molar-refractivity contribution in [3.05, 3.63) is 23.5 Å². The van der Waals surface area contributed by atoms with Crippen LogP contribution in [0.2, 0.25) is 5.15 Å². The maximum Gasteiger partial charge on any atom is 0.158 e. The molecule has 0 fully saturated rings. The van der Waals surface area contributed by atoms with Crippen molar-refractivity contribution in [3.8, 4) is 0 Å². The fraction of sp³-hybridized carbons (Fsp3) is 0.167. The van der Waals surface area contributed by atoms with Gasteiger partial charge in [-0.1, -0.05) is 11.6 Å². The van der Waals surface area contributed by atoms with Crippen molar-refractivity contribution < 1.29 is 8.42 Å². The summed E-state index contributed by atoms with van der Waals surface area (Å²) < 4.78 is 20.4. The first kappa shape index (κ1) is 9.28. The Balaban J connectivity index is 2.69. The van der Waals surface area contributed by atoms with Gasteiger partial charge in [-0.3, -0.25) is 0 Å². The normalized spacial score (nSPS) is 10.2. The Bertz CT molecular complexity index is 332. The highest BCUT2D eigenvalue weighted by atomic mass is 35.5. The SMILES string of the molecule is O=[SH](=O)CNc1cccnc1Cl. The molecule has 1 heterocycles. The average Bonchev–Trinajstić information content (AvgIpc) is 2.03. The van der Waals surface area contributed by atoms with Crippen molar-refractivity contribution in [2.75, 3.05) is 11.2 Å². The van der Waals surface area contributed by atoms with Crippen LogP contribution in [0.3, 0.4) is 0 Å². The fourth-order valence-corrected chi connectivity index (χ4v) is 1.15. The Kier molecular flexibility index (Phi) is 3.31. The molecule has 12 heavy (non-hydrogen) atoms.